The number of sulfonamides is 1. The predicted octanol–water partition coefficient (Wildman–Crippen LogP) is 2.90. The minimum atomic E-state index is -3.72. The average Bonchev–Trinajstić information content (AvgIpc) is 3.07. The van der Waals surface area contributed by atoms with Gasteiger partial charge >= 0.3 is 0 Å². The molecule has 1 aliphatic rings. The molecule has 6 nitrogen and oxygen atoms in total. The summed E-state index contributed by atoms with van der Waals surface area (Å²) in [6.07, 6.45) is 5.17. The summed E-state index contributed by atoms with van der Waals surface area (Å²) in [6.45, 7) is 1.59. The molecule has 1 aliphatic carbocycles. The van der Waals surface area contributed by atoms with E-state index < -0.39 is 16.1 Å². The molecule has 2 rings (SSSR count). The summed E-state index contributed by atoms with van der Waals surface area (Å²) in [6, 6.07) is 3.97. The molecule has 0 heterocycles. The highest BCUT2D eigenvalue weighted by Crippen LogP contribution is 2.35. The van der Waals surface area contributed by atoms with Gasteiger partial charge in [0.15, 0.2) is 0 Å². The van der Waals surface area contributed by atoms with Crippen LogP contribution < -0.4 is 9.04 Å². The summed E-state index contributed by atoms with van der Waals surface area (Å²) in [5.41, 5.74) is 0.262. The third kappa shape index (κ3) is 4.39. The number of likely N-dealkylation sites (N-methyl/N-ethyl adjacent to an activating group) is 1. The van der Waals surface area contributed by atoms with E-state index in [1.807, 2.05) is 0 Å². The van der Waals surface area contributed by atoms with Crippen LogP contribution in [0.1, 0.15) is 32.6 Å². The summed E-state index contributed by atoms with van der Waals surface area (Å²) in [5, 5.41) is 0.369. The van der Waals surface area contributed by atoms with Crippen molar-refractivity contribution in [3.05, 3.63) is 23.2 Å². The van der Waals surface area contributed by atoms with Crippen molar-refractivity contribution in [1.29, 1.82) is 0 Å². The van der Waals surface area contributed by atoms with Gasteiger partial charge in [-0.1, -0.05) is 24.4 Å². The van der Waals surface area contributed by atoms with E-state index in [2.05, 4.69) is 0 Å². The first kappa shape index (κ1) is 19.8. The highest BCUT2D eigenvalue weighted by atomic mass is 35.5. The van der Waals surface area contributed by atoms with E-state index in [9.17, 15) is 13.2 Å². The molecular formula is C17H25ClN2O4S. The lowest BCUT2D eigenvalue weighted by Gasteiger charge is -2.34. The maximum absolute atomic E-state index is 12.9. The van der Waals surface area contributed by atoms with Gasteiger partial charge in [-0.15, -0.1) is 0 Å². The van der Waals surface area contributed by atoms with Crippen molar-refractivity contribution in [2.24, 2.45) is 0 Å². The Hall–Kier alpha value is -1.47. The second-order valence-corrected chi connectivity index (χ2v) is 8.73. The summed E-state index contributed by atoms with van der Waals surface area (Å²) in [4.78, 5) is 14.6. The van der Waals surface area contributed by atoms with Crippen LogP contribution in [0, 0.1) is 0 Å². The Kier molecular flexibility index (Phi) is 6.21. The average molecular weight is 389 g/mol. The molecule has 1 aromatic carbocycles. The van der Waals surface area contributed by atoms with E-state index in [0.29, 0.717) is 10.8 Å². The minimum absolute atomic E-state index is 0.164. The van der Waals surface area contributed by atoms with E-state index in [0.717, 1.165) is 36.2 Å². The van der Waals surface area contributed by atoms with Crippen LogP contribution in [0.4, 0.5) is 5.69 Å². The lowest BCUT2D eigenvalue weighted by Crippen LogP contribution is -2.50. The van der Waals surface area contributed by atoms with Crippen LogP contribution in [0.2, 0.25) is 5.02 Å². The number of amides is 1. The molecule has 1 amide bonds. The Bertz CT molecular complexity index is 732. The smallest absolute Gasteiger partial charge is 0.246 e. The maximum atomic E-state index is 12.9. The Morgan fingerprint density at radius 1 is 1.32 bits per heavy atom. The van der Waals surface area contributed by atoms with Gasteiger partial charge in [-0.2, -0.15) is 0 Å². The second kappa shape index (κ2) is 7.83. The largest absolute Gasteiger partial charge is 0.495 e. The fourth-order valence-corrected chi connectivity index (χ4v) is 4.71. The van der Waals surface area contributed by atoms with Crippen LogP contribution in [0.3, 0.4) is 0 Å². The molecule has 0 aromatic heterocycles. The number of rotatable bonds is 6. The van der Waals surface area contributed by atoms with Gasteiger partial charge in [-0.25, -0.2) is 8.42 Å². The lowest BCUT2D eigenvalue weighted by molar-refractivity contribution is -0.132. The first-order valence-corrected chi connectivity index (χ1v) is 10.5. The maximum Gasteiger partial charge on any atom is 0.246 e. The zero-order chi connectivity index (χ0) is 18.8. The van der Waals surface area contributed by atoms with Crippen LogP contribution in [0.5, 0.6) is 5.75 Å². The number of benzene rings is 1. The van der Waals surface area contributed by atoms with Crippen LogP contribution in [0.15, 0.2) is 18.2 Å². The minimum Gasteiger partial charge on any atom is -0.495 e. The molecule has 0 N–H and O–H groups in total. The molecule has 1 fully saturated rings. The van der Waals surface area contributed by atoms with Gasteiger partial charge in [-0.3, -0.25) is 9.10 Å². The number of hydrogen-bond acceptors (Lipinski definition) is 4. The molecule has 1 aromatic rings. The number of halogens is 1. The van der Waals surface area contributed by atoms with E-state index in [1.165, 1.54) is 13.2 Å². The zero-order valence-corrected chi connectivity index (χ0v) is 16.6. The molecule has 1 atom stereocenters. The quantitative estimate of drug-likeness (QED) is 0.751. The molecule has 0 bridgehead atoms. The Labute approximate surface area is 154 Å². The molecule has 0 unspecified atom stereocenters. The van der Waals surface area contributed by atoms with E-state index in [1.54, 1.807) is 31.0 Å². The molecule has 0 saturated heterocycles. The molecule has 8 heteroatoms. The number of carbonyl (C=O) groups excluding carboxylic acids is 1. The third-order valence-electron chi connectivity index (χ3n) is 4.66. The topological polar surface area (TPSA) is 66.9 Å². The van der Waals surface area contributed by atoms with Crippen LogP contribution in [-0.2, 0) is 14.8 Å². The van der Waals surface area contributed by atoms with Crippen LogP contribution in [0.25, 0.3) is 0 Å². The Balaban J connectivity index is 2.41. The SMILES string of the molecule is COc1ccc(Cl)cc1N([C@@H](C)C(=O)N(C)C1CCCC1)S(C)(=O)=O. The van der Waals surface area contributed by atoms with Crippen molar-refractivity contribution in [2.75, 3.05) is 24.7 Å². The normalized spacial score (nSPS) is 16.5. The van der Waals surface area contributed by atoms with Crippen molar-refractivity contribution in [3.8, 4) is 5.75 Å². The lowest BCUT2D eigenvalue weighted by atomic mass is 10.2. The molecule has 0 spiro atoms. The van der Waals surface area contributed by atoms with Gasteiger partial charge in [0, 0.05) is 18.1 Å². The summed E-state index contributed by atoms with van der Waals surface area (Å²) < 4.78 is 31.3. The highest BCUT2D eigenvalue weighted by molar-refractivity contribution is 7.92. The van der Waals surface area contributed by atoms with Crippen LogP contribution in [-0.4, -0.2) is 51.7 Å². The van der Waals surface area contributed by atoms with E-state index in [4.69, 9.17) is 16.3 Å². The van der Waals surface area contributed by atoms with Gasteiger partial charge in [0.05, 0.1) is 19.1 Å². The monoisotopic (exact) mass is 388 g/mol. The fourth-order valence-electron chi connectivity index (χ4n) is 3.38. The Morgan fingerprint density at radius 3 is 2.44 bits per heavy atom. The zero-order valence-electron chi connectivity index (χ0n) is 15.0. The first-order valence-electron chi connectivity index (χ1n) is 8.26. The molecule has 1 saturated carbocycles. The summed E-state index contributed by atoms with van der Waals surface area (Å²) in [5.74, 6) is 0.109. The number of anilines is 1. The van der Waals surface area contributed by atoms with Crippen molar-refractivity contribution < 1.29 is 17.9 Å². The van der Waals surface area contributed by atoms with E-state index in [-0.39, 0.29) is 17.6 Å². The van der Waals surface area contributed by atoms with Crippen molar-refractivity contribution >= 4 is 33.2 Å². The van der Waals surface area contributed by atoms with Gasteiger partial charge in [0.1, 0.15) is 11.8 Å². The molecule has 0 radical (unpaired) electrons. The van der Waals surface area contributed by atoms with Gasteiger partial charge in [0.2, 0.25) is 15.9 Å². The Morgan fingerprint density at radius 2 is 1.92 bits per heavy atom. The fraction of sp³-hybridized carbons (Fsp3) is 0.588. The molecule has 140 valence electrons. The molecule has 0 aliphatic heterocycles. The van der Waals surface area contributed by atoms with E-state index >= 15 is 0 Å². The van der Waals surface area contributed by atoms with Crippen molar-refractivity contribution in [1.82, 2.24) is 4.90 Å². The van der Waals surface area contributed by atoms with Crippen molar-refractivity contribution in [2.45, 2.75) is 44.7 Å². The van der Waals surface area contributed by atoms with Gasteiger partial charge in [0.25, 0.3) is 0 Å². The molecule has 25 heavy (non-hydrogen) atoms. The summed E-state index contributed by atoms with van der Waals surface area (Å²) >= 11 is 6.05. The predicted molar refractivity (Wildman–Crippen MR) is 99.8 cm³/mol. The van der Waals surface area contributed by atoms with Gasteiger partial charge < -0.3 is 9.64 Å². The highest BCUT2D eigenvalue weighted by Gasteiger charge is 2.35. The number of hydrogen-bond donors (Lipinski definition) is 0. The first-order chi connectivity index (χ1) is 11.7. The molecular weight excluding hydrogens is 364 g/mol. The van der Waals surface area contributed by atoms with Crippen molar-refractivity contribution in [3.63, 3.8) is 0 Å². The standard InChI is InChI=1S/C17H25ClN2O4S/c1-12(17(21)19(2)14-7-5-6-8-14)20(25(4,22)23)15-11-13(18)9-10-16(15)24-3/h9-12,14H,5-8H2,1-4H3/t12-/m0/s1. The summed E-state index contributed by atoms with van der Waals surface area (Å²) in [7, 11) is -0.532. The van der Waals surface area contributed by atoms with Gasteiger partial charge in [-0.05, 0) is 38.0 Å². The second-order valence-electron chi connectivity index (χ2n) is 6.44. The number of nitrogens with zero attached hydrogens (tertiary/aromatic N) is 2. The number of carbonyl (C=O) groups is 1. The number of methoxy groups -OCH3 is 1. The number of ether oxygens (including phenoxy) is 1. The van der Waals surface area contributed by atoms with Crippen LogP contribution >= 0.6 is 11.6 Å². The third-order valence-corrected chi connectivity index (χ3v) is 6.13.